The molecule has 1 aliphatic carbocycles. The van der Waals surface area contributed by atoms with Crippen LogP contribution in [-0.4, -0.2) is 83.7 Å². The van der Waals surface area contributed by atoms with E-state index in [0.717, 1.165) is 38.8 Å². The first-order valence-corrected chi connectivity index (χ1v) is 20.4. The third kappa shape index (κ3) is 8.48. The quantitative estimate of drug-likeness (QED) is 0.169. The van der Waals surface area contributed by atoms with Crippen molar-refractivity contribution in [2.75, 3.05) is 36.9 Å². The van der Waals surface area contributed by atoms with Gasteiger partial charge in [-0.25, -0.2) is 14.4 Å². The number of benzene rings is 1. The summed E-state index contributed by atoms with van der Waals surface area (Å²) in [6.07, 6.45) is 4.31. The fourth-order valence-corrected chi connectivity index (χ4v) is 7.03. The van der Waals surface area contributed by atoms with Crippen LogP contribution in [-0.2, 0) is 30.1 Å². The largest absolute Gasteiger partial charge is 0.457 e. The van der Waals surface area contributed by atoms with Crippen LogP contribution in [0.4, 0.5) is 21.7 Å². The lowest BCUT2D eigenvalue weighted by Crippen LogP contribution is -2.51. The minimum Gasteiger partial charge on any atom is -0.457 e. The summed E-state index contributed by atoms with van der Waals surface area (Å²) in [5, 5.41) is 15.3. The lowest BCUT2D eigenvalue weighted by atomic mass is 9.77. The topological polar surface area (TPSA) is 141 Å². The Morgan fingerprint density at radius 1 is 1.04 bits per heavy atom. The summed E-state index contributed by atoms with van der Waals surface area (Å²) in [4.78, 5) is 36.6. The van der Waals surface area contributed by atoms with E-state index in [2.05, 4.69) is 69.6 Å². The summed E-state index contributed by atoms with van der Waals surface area (Å²) in [5.74, 6) is -0.129. The lowest BCUT2D eigenvalue weighted by Gasteiger charge is -2.44. The summed E-state index contributed by atoms with van der Waals surface area (Å²) in [6.45, 7) is 13.6. The predicted molar refractivity (Wildman–Crippen MR) is 190 cm³/mol. The first-order chi connectivity index (χ1) is 23.8. The molecule has 0 unspecified atom stereocenters. The summed E-state index contributed by atoms with van der Waals surface area (Å²) in [7, 11) is -2.13. The third-order valence-corrected chi connectivity index (χ3v) is 15.1. The number of anilines is 3. The van der Waals surface area contributed by atoms with E-state index in [1.54, 1.807) is 12.1 Å². The Balaban J connectivity index is 1.08. The molecule has 50 heavy (non-hydrogen) atoms. The monoisotopic (exact) mass is 725 g/mol. The van der Waals surface area contributed by atoms with Crippen LogP contribution in [0.15, 0.2) is 36.7 Å². The van der Waals surface area contributed by atoms with Crippen LogP contribution in [0, 0.1) is 17.7 Å². The van der Waals surface area contributed by atoms with Crippen LogP contribution in [0.5, 0.6) is 0 Å². The Morgan fingerprint density at radius 2 is 1.76 bits per heavy atom. The van der Waals surface area contributed by atoms with Gasteiger partial charge in [0.2, 0.25) is 5.91 Å². The van der Waals surface area contributed by atoms with Crippen molar-refractivity contribution in [3.05, 3.63) is 53.2 Å². The van der Waals surface area contributed by atoms with Crippen LogP contribution in [0.25, 0.3) is 11.3 Å². The number of amides is 1. The van der Waals surface area contributed by atoms with Gasteiger partial charge in [-0.1, -0.05) is 32.4 Å². The summed E-state index contributed by atoms with van der Waals surface area (Å²) in [5.41, 5.74) is 1.56. The molecule has 2 saturated heterocycles. The number of piperidine rings is 1. The number of halogens is 2. The Kier molecular flexibility index (Phi) is 10.8. The van der Waals surface area contributed by atoms with Crippen LogP contribution in [0.2, 0.25) is 23.2 Å². The molecule has 4 heterocycles. The number of rotatable bonds is 11. The number of carbonyl (C=O) groups is 2. The molecule has 2 aromatic heterocycles. The van der Waals surface area contributed by atoms with Crippen LogP contribution in [0.1, 0.15) is 52.1 Å². The smallest absolute Gasteiger partial charge is 0.309 e. The standard InChI is InChI=1S/C35H45ClFN7O5Si/c1-35(2,3)50(4,5)48-19-30-29(15-28(42-43-30)26-14-23(36)6-7-27(26)37)40-31-16-32(39-20-38-31)41-33(45)22-12-24(13-22)44-10-8-21(9-11-44)34(46)49-25-17-47-18-25/h6-7,14-16,20-22,24-25H,8-13,17-19H2,1-5H3,(H2,38,39,40,41,42,45). The molecule has 0 radical (unpaired) electrons. The third-order valence-electron chi connectivity index (χ3n) is 10.4. The summed E-state index contributed by atoms with van der Waals surface area (Å²) >= 11 is 6.17. The maximum Gasteiger partial charge on any atom is 0.309 e. The number of ether oxygens (including phenoxy) is 2. The zero-order chi connectivity index (χ0) is 35.6. The fraction of sp³-hybridized carbons (Fsp3) is 0.543. The van der Waals surface area contributed by atoms with Gasteiger partial charge in [-0.15, -0.1) is 5.10 Å². The molecule has 0 spiro atoms. The second kappa shape index (κ2) is 15.0. The number of nitrogens with one attached hydrogen (secondary N) is 2. The van der Waals surface area contributed by atoms with Gasteiger partial charge in [0.05, 0.1) is 37.1 Å². The van der Waals surface area contributed by atoms with Crippen LogP contribution >= 0.6 is 11.6 Å². The highest BCUT2D eigenvalue weighted by Crippen LogP contribution is 2.38. The van der Waals surface area contributed by atoms with E-state index in [4.69, 9.17) is 25.5 Å². The number of carbonyl (C=O) groups excluding carboxylic acids is 2. The first-order valence-electron chi connectivity index (χ1n) is 17.1. The molecule has 1 amide bonds. The number of nitrogens with zero attached hydrogens (tertiary/aromatic N) is 5. The van der Waals surface area contributed by atoms with Crippen molar-refractivity contribution < 1.29 is 27.9 Å². The minimum atomic E-state index is -2.13. The molecular weight excluding hydrogens is 681 g/mol. The molecule has 12 nitrogen and oxygen atoms in total. The van der Waals surface area contributed by atoms with Crippen molar-refractivity contribution in [3.8, 4) is 11.3 Å². The molecule has 1 saturated carbocycles. The molecule has 3 aromatic rings. The highest BCUT2D eigenvalue weighted by atomic mass is 35.5. The van der Waals surface area contributed by atoms with Gasteiger partial charge in [0.25, 0.3) is 0 Å². The van der Waals surface area contributed by atoms with Crippen molar-refractivity contribution in [2.45, 2.75) is 83.3 Å². The van der Waals surface area contributed by atoms with E-state index in [0.29, 0.717) is 53.0 Å². The Morgan fingerprint density at radius 3 is 2.44 bits per heavy atom. The van der Waals surface area contributed by atoms with E-state index >= 15 is 0 Å². The van der Waals surface area contributed by atoms with Crippen molar-refractivity contribution in [1.82, 2.24) is 25.1 Å². The Labute approximate surface area is 298 Å². The van der Waals surface area contributed by atoms with Gasteiger partial charge in [0.1, 0.15) is 35.6 Å². The van der Waals surface area contributed by atoms with E-state index < -0.39 is 14.1 Å². The number of likely N-dealkylation sites (tertiary alicyclic amines) is 1. The van der Waals surface area contributed by atoms with E-state index in [1.165, 1.54) is 24.5 Å². The van der Waals surface area contributed by atoms with Gasteiger partial charge in [-0.2, -0.15) is 5.10 Å². The van der Waals surface area contributed by atoms with Gasteiger partial charge in [-0.05, 0) is 81.2 Å². The Bertz CT molecular complexity index is 1710. The number of hydrogen-bond donors (Lipinski definition) is 2. The average molecular weight is 726 g/mol. The minimum absolute atomic E-state index is 0.0179. The first kappa shape index (κ1) is 36.2. The highest BCUT2D eigenvalue weighted by molar-refractivity contribution is 6.74. The van der Waals surface area contributed by atoms with Gasteiger partial charge in [0, 0.05) is 28.6 Å². The van der Waals surface area contributed by atoms with E-state index in [9.17, 15) is 14.0 Å². The van der Waals surface area contributed by atoms with Crippen LogP contribution in [0.3, 0.4) is 0 Å². The Hall–Kier alpha value is -3.56. The van der Waals surface area contributed by atoms with Crippen LogP contribution < -0.4 is 10.6 Å². The van der Waals surface area contributed by atoms with Gasteiger partial charge in [0.15, 0.2) is 8.32 Å². The number of aromatic nitrogens is 4. The number of hydrogen-bond acceptors (Lipinski definition) is 11. The molecular formula is C35H45ClFN7O5Si. The molecule has 0 bridgehead atoms. The fourth-order valence-electron chi connectivity index (χ4n) is 5.93. The number of esters is 1. The van der Waals surface area contributed by atoms with Gasteiger partial charge >= 0.3 is 5.97 Å². The summed E-state index contributed by atoms with van der Waals surface area (Å²) < 4.78 is 31.8. The van der Waals surface area contributed by atoms with E-state index in [1.807, 2.05) is 0 Å². The van der Waals surface area contributed by atoms with Gasteiger partial charge in [-0.3, -0.25) is 9.59 Å². The molecule has 0 atom stereocenters. The molecule has 3 fully saturated rings. The highest BCUT2D eigenvalue weighted by Gasteiger charge is 2.41. The second-order valence-corrected chi connectivity index (χ2v) is 20.1. The average Bonchev–Trinajstić information content (AvgIpc) is 3.02. The molecule has 15 heteroatoms. The maximum absolute atomic E-state index is 14.8. The maximum atomic E-state index is 14.8. The second-order valence-electron chi connectivity index (χ2n) is 14.9. The molecule has 6 rings (SSSR count). The SMILES string of the molecule is CC(C)(C)[Si](C)(C)OCc1nnc(-c2cc(Cl)ccc2F)cc1Nc1cc(NC(=O)C2CC(N3CCC(C(=O)OC4COC4)CC3)C2)ncn1. The molecule has 2 aliphatic heterocycles. The molecule has 268 valence electrons. The zero-order valence-electron chi connectivity index (χ0n) is 29.2. The van der Waals surface area contributed by atoms with Gasteiger partial charge < -0.3 is 29.4 Å². The zero-order valence-corrected chi connectivity index (χ0v) is 30.9. The van der Waals surface area contributed by atoms with Crippen molar-refractivity contribution in [2.24, 2.45) is 11.8 Å². The van der Waals surface area contributed by atoms with Crippen molar-refractivity contribution >= 4 is 49.1 Å². The van der Waals surface area contributed by atoms with Crippen molar-refractivity contribution in [3.63, 3.8) is 0 Å². The predicted octanol–water partition coefficient (Wildman–Crippen LogP) is 6.36. The molecule has 2 N–H and O–H groups in total. The normalized spacial score (nSPS) is 20.5. The molecule has 3 aliphatic rings. The lowest BCUT2D eigenvalue weighted by molar-refractivity contribution is -0.178. The van der Waals surface area contributed by atoms with E-state index in [-0.39, 0.29) is 47.0 Å². The summed E-state index contributed by atoms with van der Waals surface area (Å²) in [6, 6.07) is 7.92. The molecule has 1 aromatic carbocycles. The van der Waals surface area contributed by atoms with Crippen molar-refractivity contribution in [1.29, 1.82) is 0 Å².